The molecule has 0 fully saturated rings. The van der Waals surface area contributed by atoms with Gasteiger partial charge in [0.1, 0.15) is 17.4 Å². The molecule has 3 rings (SSSR count). The first-order chi connectivity index (χ1) is 13.2. The largest absolute Gasteiger partial charge is 0.443 e. The highest BCUT2D eigenvalue weighted by Crippen LogP contribution is 2.26. The van der Waals surface area contributed by atoms with Gasteiger partial charge in [-0.2, -0.15) is 5.26 Å². The average Bonchev–Trinajstić information content (AvgIpc) is 3.11. The number of nitrogens with zero attached hydrogens (tertiary/aromatic N) is 3. The molecule has 0 aliphatic carbocycles. The summed E-state index contributed by atoms with van der Waals surface area (Å²) in [6.07, 6.45) is -0.503. The number of hydrogen-bond donors (Lipinski definition) is 0. The molecule has 8 nitrogen and oxygen atoms in total. The number of ether oxygens (including phenoxy) is 1. The molecule has 0 unspecified atom stereocenters. The van der Waals surface area contributed by atoms with Crippen LogP contribution in [0.4, 0.5) is 4.79 Å². The Kier molecular flexibility index (Phi) is 4.61. The lowest BCUT2D eigenvalue weighted by Crippen LogP contribution is -2.33. The number of hydrogen-bond acceptors (Lipinski definition) is 6. The number of carbonyl (C=O) groups is 4. The molecule has 2 aromatic rings. The molecule has 2 heterocycles. The van der Waals surface area contributed by atoms with Crippen molar-refractivity contribution in [1.82, 2.24) is 9.47 Å². The molecule has 0 radical (unpaired) electrons. The maximum Gasteiger partial charge on any atom is 0.419 e. The molecule has 1 aliphatic rings. The van der Waals surface area contributed by atoms with Gasteiger partial charge < -0.3 is 4.74 Å². The summed E-state index contributed by atoms with van der Waals surface area (Å²) in [6.45, 7) is 4.69. The zero-order chi connectivity index (χ0) is 20.6. The first-order valence-electron chi connectivity index (χ1n) is 8.46. The van der Waals surface area contributed by atoms with Gasteiger partial charge in [0, 0.05) is 0 Å². The number of imide groups is 1. The Morgan fingerprint density at radius 2 is 1.75 bits per heavy atom. The van der Waals surface area contributed by atoms with Crippen molar-refractivity contribution < 1.29 is 23.9 Å². The predicted molar refractivity (Wildman–Crippen MR) is 96.8 cm³/mol. The summed E-state index contributed by atoms with van der Waals surface area (Å²) >= 11 is 0. The van der Waals surface area contributed by atoms with E-state index in [0.29, 0.717) is 6.29 Å². The Bertz CT molecular complexity index is 1020. The van der Waals surface area contributed by atoms with Gasteiger partial charge in [-0.05, 0) is 39.0 Å². The van der Waals surface area contributed by atoms with Crippen molar-refractivity contribution in [3.05, 3.63) is 58.4 Å². The first kappa shape index (κ1) is 19.0. The molecular formula is C20H17N3O5. The number of amides is 2. The molecule has 0 saturated heterocycles. The molecule has 142 valence electrons. The molecule has 8 heteroatoms. The SMILES string of the molecule is CC(C)(C)OC(=O)n1c(CN2C(=O)c3ccccc3C2=O)cc(C#N)c1C=O. The average molecular weight is 379 g/mol. The van der Waals surface area contributed by atoms with Crippen LogP contribution in [0.3, 0.4) is 0 Å². The predicted octanol–water partition coefficient (Wildman–Crippen LogP) is 2.75. The van der Waals surface area contributed by atoms with Gasteiger partial charge in [-0.3, -0.25) is 19.3 Å². The van der Waals surface area contributed by atoms with Crippen molar-refractivity contribution in [2.75, 3.05) is 0 Å². The van der Waals surface area contributed by atoms with E-state index in [0.717, 1.165) is 9.47 Å². The molecule has 0 bridgehead atoms. The van der Waals surface area contributed by atoms with Crippen LogP contribution < -0.4 is 0 Å². The second-order valence-corrected chi connectivity index (χ2v) is 7.22. The van der Waals surface area contributed by atoms with Gasteiger partial charge in [0.15, 0.2) is 6.29 Å². The molecule has 0 spiro atoms. The number of fused-ring (bicyclic) bond motifs is 1. The second-order valence-electron chi connectivity index (χ2n) is 7.22. The van der Waals surface area contributed by atoms with E-state index in [9.17, 15) is 24.4 Å². The van der Waals surface area contributed by atoms with E-state index in [1.54, 1.807) is 45.0 Å². The van der Waals surface area contributed by atoms with Crippen molar-refractivity contribution in [2.45, 2.75) is 32.9 Å². The van der Waals surface area contributed by atoms with E-state index >= 15 is 0 Å². The number of carbonyl (C=O) groups excluding carboxylic acids is 4. The van der Waals surface area contributed by atoms with Crippen LogP contribution in [0.5, 0.6) is 0 Å². The third-order valence-electron chi connectivity index (χ3n) is 4.12. The fourth-order valence-electron chi connectivity index (χ4n) is 2.97. The minimum atomic E-state index is -0.872. The van der Waals surface area contributed by atoms with Gasteiger partial charge in [0.05, 0.1) is 28.9 Å². The number of aromatic nitrogens is 1. The number of benzene rings is 1. The lowest BCUT2D eigenvalue weighted by molar-refractivity contribution is 0.0509. The second kappa shape index (κ2) is 6.78. The third kappa shape index (κ3) is 3.18. The molecule has 1 aromatic carbocycles. The van der Waals surface area contributed by atoms with Gasteiger partial charge in [-0.15, -0.1) is 0 Å². The van der Waals surface area contributed by atoms with E-state index < -0.39 is 23.5 Å². The summed E-state index contributed by atoms with van der Waals surface area (Å²) in [4.78, 5) is 50.3. The van der Waals surface area contributed by atoms with Gasteiger partial charge in [-0.25, -0.2) is 9.36 Å². The minimum Gasteiger partial charge on any atom is -0.443 e. The molecule has 28 heavy (non-hydrogen) atoms. The van der Waals surface area contributed by atoms with Gasteiger partial charge in [0.2, 0.25) is 0 Å². The Hall–Kier alpha value is -3.73. The molecular weight excluding hydrogens is 362 g/mol. The molecule has 1 aromatic heterocycles. The van der Waals surface area contributed by atoms with Crippen LogP contribution in [0.25, 0.3) is 0 Å². The highest BCUT2D eigenvalue weighted by molar-refractivity contribution is 6.21. The van der Waals surface area contributed by atoms with Crippen LogP contribution in [0, 0.1) is 11.3 Å². The van der Waals surface area contributed by atoms with E-state index in [-0.39, 0.29) is 34.6 Å². The maximum absolute atomic E-state index is 12.6. The Labute approximate surface area is 160 Å². The van der Waals surface area contributed by atoms with Crippen LogP contribution in [-0.2, 0) is 11.3 Å². The third-order valence-corrected chi connectivity index (χ3v) is 4.12. The van der Waals surface area contributed by atoms with Gasteiger partial charge in [0.25, 0.3) is 11.8 Å². The topological polar surface area (TPSA) is 109 Å². The van der Waals surface area contributed by atoms with Crippen molar-refractivity contribution in [3.8, 4) is 6.07 Å². The van der Waals surface area contributed by atoms with E-state index in [4.69, 9.17) is 4.74 Å². The zero-order valence-electron chi connectivity index (χ0n) is 15.6. The maximum atomic E-state index is 12.6. The first-order valence-corrected chi connectivity index (χ1v) is 8.46. The smallest absolute Gasteiger partial charge is 0.419 e. The summed E-state index contributed by atoms with van der Waals surface area (Å²) in [5, 5.41) is 9.29. The summed E-state index contributed by atoms with van der Waals surface area (Å²) in [5.74, 6) is -1.02. The van der Waals surface area contributed by atoms with E-state index in [1.165, 1.54) is 6.07 Å². The normalized spacial score (nSPS) is 13.3. The molecule has 2 amide bonds. The molecule has 0 saturated carbocycles. The quantitative estimate of drug-likeness (QED) is 0.599. The van der Waals surface area contributed by atoms with Crippen LogP contribution in [0.15, 0.2) is 30.3 Å². The summed E-state index contributed by atoms with van der Waals surface area (Å²) < 4.78 is 6.24. The van der Waals surface area contributed by atoms with Crippen LogP contribution in [0.1, 0.15) is 63.2 Å². The van der Waals surface area contributed by atoms with Crippen molar-refractivity contribution in [3.63, 3.8) is 0 Å². The lowest BCUT2D eigenvalue weighted by atomic mass is 10.1. The van der Waals surface area contributed by atoms with Gasteiger partial charge >= 0.3 is 6.09 Å². The van der Waals surface area contributed by atoms with Crippen LogP contribution >= 0.6 is 0 Å². The minimum absolute atomic E-state index is 0.0486. The molecule has 0 N–H and O–H groups in total. The Morgan fingerprint density at radius 1 is 1.18 bits per heavy atom. The van der Waals surface area contributed by atoms with Crippen LogP contribution in [-0.4, -0.2) is 39.3 Å². The lowest BCUT2D eigenvalue weighted by Gasteiger charge is -2.22. The Morgan fingerprint density at radius 3 is 2.21 bits per heavy atom. The van der Waals surface area contributed by atoms with Crippen molar-refractivity contribution in [1.29, 1.82) is 5.26 Å². The van der Waals surface area contributed by atoms with Crippen molar-refractivity contribution in [2.24, 2.45) is 0 Å². The standard InChI is InChI=1S/C20H17N3O5/c1-20(2,3)28-19(27)23-13(8-12(9-21)16(23)11-24)10-22-17(25)14-6-4-5-7-15(14)18(22)26/h4-8,11H,10H2,1-3H3. The van der Waals surface area contributed by atoms with Gasteiger partial charge in [-0.1, -0.05) is 12.1 Å². The monoisotopic (exact) mass is 379 g/mol. The molecule has 0 atom stereocenters. The van der Waals surface area contributed by atoms with Crippen molar-refractivity contribution >= 4 is 24.2 Å². The number of aldehydes is 1. The Balaban J connectivity index is 2.04. The summed E-state index contributed by atoms with van der Waals surface area (Å²) in [7, 11) is 0. The van der Waals surface area contributed by atoms with E-state index in [2.05, 4.69) is 0 Å². The van der Waals surface area contributed by atoms with E-state index in [1.807, 2.05) is 6.07 Å². The zero-order valence-corrected chi connectivity index (χ0v) is 15.6. The number of nitriles is 1. The van der Waals surface area contributed by atoms with Crippen LogP contribution in [0.2, 0.25) is 0 Å². The number of rotatable bonds is 3. The fourth-order valence-corrected chi connectivity index (χ4v) is 2.97. The highest BCUT2D eigenvalue weighted by atomic mass is 16.6. The summed E-state index contributed by atoms with van der Waals surface area (Å²) in [5.41, 5.74) is -0.433. The summed E-state index contributed by atoms with van der Waals surface area (Å²) in [6, 6.07) is 9.52. The molecule has 1 aliphatic heterocycles. The fraction of sp³-hybridized carbons (Fsp3) is 0.250. The highest BCUT2D eigenvalue weighted by Gasteiger charge is 2.36.